The molecule has 2 aromatic rings. The summed E-state index contributed by atoms with van der Waals surface area (Å²) in [4.78, 5) is 28.9. The first-order valence-corrected chi connectivity index (χ1v) is 15.6. The number of carbonyl (C=O) groups excluding carboxylic acids is 2. The highest BCUT2D eigenvalue weighted by Gasteiger charge is 2.62. The van der Waals surface area contributed by atoms with Gasteiger partial charge in [-0.05, 0) is 55.2 Å². The van der Waals surface area contributed by atoms with Crippen molar-refractivity contribution in [3.05, 3.63) is 53.3 Å². The van der Waals surface area contributed by atoms with Crippen molar-refractivity contribution in [2.24, 2.45) is 16.2 Å². The number of anilines is 2. The second-order valence-electron chi connectivity index (χ2n) is 10.4. The lowest BCUT2D eigenvalue weighted by atomic mass is 9.73. The number of piperidine rings is 1. The molecule has 2 bridgehead atoms. The molecule has 6 rings (SSSR count). The maximum absolute atomic E-state index is 13.9. The van der Waals surface area contributed by atoms with Crippen molar-refractivity contribution in [1.29, 1.82) is 0 Å². The van der Waals surface area contributed by atoms with Crippen LogP contribution in [0.2, 0.25) is 0 Å². The molecule has 0 aromatic heterocycles. The van der Waals surface area contributed by atoms with E-state index >= 15 is 0 Å². The minimum absolute atomic E-state index is 0.0211. The molecular formula is C25H25FN4O7S2. The van der Waals surface area contributed by atoms with Gasteiger partial charge in [0.15, 0.2) is 11.7 Å². The highest BCUT2D eigenvalue weighted by molar-refractivity contribution is 7.92. The van der Waals surface area contributed by atoms with Gasteiger partial charge in [0, 0.05) is 12.2 Å². The Morgan fingerprint density at radius 3 is 2.62 bits per heavy atom. The van der Waals surface area contributed by atoms with E-state index in [4.69, 9.17) is 4.74 Å². The summed E-state index contributed by atoms with van der Waals surface area (Å²) in [5, 5.41) is 2.83. The smallest absolute Gasteiger partial charge is 0.286 e. The molecule has 0 aliphatic carbocycles. The van der Waals surface area contributed by atoms with Crippen LogP contribution in [0.5, 0.6) is 0 Å². The molecule has 206 valence electrons. The van der Waals surface area contributed by atoms with Gasteiger partial charge in [0.2, 0.25) is 15.9 Å². The van der Waals surface area contributed by atoms with Crippen molar-refractivity contribution >= 4 is 48.9 Å². The van der Waals surface area contributed by atoms with Crippen LogP contribution >= 0.6 is 0 Å². The first-order valence-electron chi connectivity index (χ1n) is 12.3. The van der Waals surface area contributed by atoms with E-state index in [1.54, 1.807) is 24.0 Å². The number of amides is 1. The molecule has 39 heavy (non-hydrogen) atoms. The van der Waals surface area contributed by atoms with Crippen LogP contribution in [-0.4, -0.2) is 63.8 Å². The van der Waals surface area contributed by atoms with E-state index in [-0.39, 0.29) is 40.6 Å². The molecule has 11 nitrogen and oxygen atoms in total. The van der Waals surface area contributed by atoms with E-state index in [1.807, 2.05) is 0 Å². The predicted molar refractivity (Wildman–Crippen MR) is 139 cm³/mol. The standard InChI is InChI=1S/C25H25FN4O7S2/c1-12-9-13(3-5-15(12)26)11-30-22-18-8-7-17(37-18)20(22)23(31)21(25(30)32)24-27-16-6-4-14(28-38(2,33)34)10-19(16)39(35,36)29-24/h3-6,9-10,17-18,20-22,28H,7-8,11H2,1-2H3,(H,27,29)/t17-,18+,20-,21?,22+/m1/s1. The van der Waals surface area contributed by atoms with Gasteiger partial charge in [-0.15, -0.1) is 4.40 Å². The molecule has 3 fully saturated rings. The Bertz CT molecular complexity index is 1670. The van der Waals surface area contributed by atoms with Gasteiger partial charge in [0.25, 0.3) is 10.0 Å². The summed E-state index contributed by atoms with van der Waals surface area (Å²) >= 11 is 0. The Labute approximate surface area is 224 Å². The summed E-state index contributed by atoms with van der Waals surface area (Å²) in [6.45, 7) is 1.71. The summed E-state index contributed by atoms with van der Waals surface area (Å²) in [6.07, 6.45) is 1.57. The van der Waals surface area contributed by atoms with Crippen LogP contribution in [0.3, 0.4) is 0 Å². The molecule has 4 aliphatic heterocycles. The SMILES string of the molecule is Cc1cc(CN2C(=O)C(C3=NS(=O)(=O)c4cc(NS(C)(=O)=O)ccc4N3)C(=O)[C@H]3[C@@H]2[C@@H]2CC[C@H]3O2)ccc1F. The van der Waals surface area contributed by atoms with E-state index in [1.165, 1.54) is 18.2 Å². The molecular weight excluding hydrogens is 551 g/mol. The van der Waals surface area contributed by atoms with Crippen LogP contribution in [0.15, 0.2) is 45.7 Å². The van der Waals surface area contributed by atoms with Crippen molar-refractivity contribution in [3.8, 4) is 0 Å². The molecule has 4 heterocycles. The minimum Gasteiger partial charge on any atom is -0.372 e. The summed E-state index contributed by atoms with van der Waals surface area (Å²) in [7, 11) is -8.05. The fourth-order valence-corrected chi connectivity index (χ4v) is 7.78. The maximum Gasteiger partial charge on any atom is 0.286 e. The number of likely N-dealkylation sites (tertiary alicyclic amines) is 1. The first-order chi connectivity index (χ1) is 18.3. The third-order valence-electron chi connectivity index (χ3n) is 7.63. The Balaban J connectivity index is 1.38. The van der Waals surface area contributed by atoms with Crippen LogP contribution in [-0.2, 0) is 40.9 Å². The second-order valence-corrected chi connectivity index (χ2v) is 13.7. The Kier molecular flexibility index (Phi) is 5.86. The highest BCUT2D eigenvalue weighted by atomic mass is 32.2. The van der Waals surface area contributed by atoms with Gasteiger partial charge >= 0.3 is 0 Å². The molecule has 4 aliphatic rings. The van der Waals surface area contributed by atoms with Crippen molar-refractivity contribution in [1.82, 2.24) is 4.90 Å². The molecule has 5 atom stereocenters. The molecule has 2 N–H and O–H groups in total. The average molecular weight is 577 g/mol. The van der Waals surface area contributed by atoms with E-state index < -0.39 is 55.7 Å². The monoisotopic (exact) mass is 576 g/mol. The van der Waals surface area contributed by atoms with E-state index in [9.17, 15) is 30.8 Å². The zero-order valence-electron chi connectivity index (χ0n) is 20.9. The lowest BCUT2D eigenvalue weighted by Crippen LogP contribution is -2.62. The molecule has 0 radical (unpaired) electrons. The number of halogens is 1. The van der Waals surface area contributed by atoms with Crippen LogP contribution in [0, 0.1) is 24.6 Å². The van der Waals surface area contributed by atoms with Crippen LogP contribution in [0.25, 0.3) is 0 Å². The Morgan fingerprint density at radius 2 is 1.90 bits per heavy atom. The number of ether oxygens (including phenoxy) is 1. The largest absolute Gasteiger partial charge is 0.372 e. The van der Waals surface area contributed by atoms with Gasteiger partial charge in [0.1, 0.15) is 16.5 Å². The molecule has 0 saturated carbocycles. The van der Waals surface area contributed by atoms with E-state index in [0.29, 0.717) is 24.0 Å². The summed E-state index contributed by atoms with van der Waals surface area (Å²) in [5.74, 6) is -3.92. The molecule has 3 saturated heterocycles. The number of nitrogens with zero attached hydrogens (tertiary/aromatic N) is 2. The molecule has 1 amide bonds. The number of rotatable bonds is 5. The normalized spacial score (nSPS) is 28.9. The lowest BCUT2D eigenvalue weighted by molar-refractivity contribution is -0.151. The number of benzene rings is 2. The number of nitrogens with one attached hydrogen (secondary N) is 2. The minimum atomic E-state index is -4.39. The first kappa shape index (κ1) is 25.9. The van der Waals surface area contributed by atoms with Crippen LogP contribution in [0.1, 0.15) is 24.0 Å². The summed E-state index contributed by atoms with van der Waals surface area (Å²) in [6, 6.07) is 7.84. The molecule has 14 heteroatoms. The Morgan fingerprint density at radius 1 is 1.15 bits per heavy atom. The number of fused-ring (bicyclic) bond motifs is 6. The number of Topliss-reactive ketones (excluding diaryl/α,β-unsaturated/α-hetero) is 1. The van der Waals surface area contributed by atoms with Gasteiger partial charge in [-0.25, -0.2) is 12.8 Å². The van der Waals surface area contributed by atoms with Crippen molar-refractivity contribution in [2.75, 3.05) is 16.3 Å². The second kappa shape index (κ2) is 8.83. The van der Waals surface area contributed by atoms with Gasteiger partial charge in [-0.1, -0.05) is 12.1 Å². The quantitative estimate of drug-likeness (QED) is 0.512. The fraction of sp³-hybridized carbons (Fsp3) is 0.400. The fourth-order valence-electron chi connectivity index (χ4n) is 6.05. The number of amidine groups is 1. The predicted octanol–water partition coefficient (Wildman–Crippen LogP) is 1.79. The lowest BCUT2D eigenvalue weighted by Gasteiger charge is -2.44. The number of hydrogen-bond donors (Lipinski definition) is 2. The van der Waals surface area contributed by atoms with Gasteiger partial charge in [-0.2, -0.15) is 8.42 Å². The van der Waals surface area contributed by atoms with Crippen molar-refractivity contribution < 1.29 is 35.6 Å². The van der Waals surface area contributed by atoms with Crippen LogP contribution in [0.4, 0.5) is 15.8 Å². The van der Waals surface area contributed by atoms with Gasteiger partial charge < -0.3 is 15.0 Å². The topological polar surface area (TPSA) is 151 Å². The van der Waals surface area contributed by atoms with E-state index in [0.717, 1.165) is 12.3 Å². The van der Waals surface area contributed by atoms with Crippen molar-refractivity contribution in [2.45, 2.75) is 49.5 Å². The Hall–Kier alpha value is -3.36. The maximum atomic E-state index is 13.9. The third kappa shape index (κ3) is 4.39. The average Bonchev–Trinajstić information content (AvgIpc) is 3.46. The van der Waals surface area contributed by atoms with Crippen molar-refractivity contribution in [3.63, 3.8) is 0 Å². The molecule has 1 unspecified atom stereocenters. The highest BCUT2D eigenvalue weighted by Crippen LogP contribution is 2.47. The number of aryl methyl sites for hydroxylation is 1. The van der Waals surface area contributed by atoms with Gasteiger partial charge in [0.05, 0.1) is 36.1 Å². The summed E-state index contributed by atoms with van der Waals surface area (Å²) in [5.41, 5.74) is 1.16. The zero-order valence-corrected chi connectivity index (χ0v) is 22.6. The van der Waals surface area contributed by atoms with Crippen LogP contribution < -0.4 is 10.0 Å². The third-order valence-corrected chi connectivity index (χ3v) is 9.57. The summed E-state index contributed by atoms with van der Waals surface area (Å²) < 4.78 is 75.4. The van der Waals surface area contributed by atoms with Gasteiger partial charge in [-0.3, -0.25) is 14.3 Å². The molecule has 0 spiro atoms. The molecule has 2 aromatic carbocycles. The number of ketones is 1. The van der Waals surface area contributed by atoms with E-state index in [2.05, 4.69) is 14.4 Å². The number of hydrogen-bond acceptors (Lipinski definition) is 8. The number of carbonyl (C=O) groups is 2. The zero-order chi connectivity index (χ0) is 27.9. The number of sulfonamides is 2.